The number of rotatable bonds is 6. The third-order valence-corrected chi connectivity index (χ3v) is 3.78. The van der Waals surface area contributed by atoms with E-state index >= 15 is 0 Å². The lowest BCUT2D eigenvalue weighted by Crippen LogP contribution is -2.23. The molecule has 0 aliphatic carbocycles. The van der Waals surface area contributed by atoms with Gasteiger partial charge in [-0.2, -0.15) is 0 Å². The molecule has 0 saturated carbocycles. The van der Waals surface area contributed by atoms with Crippen molar-refractivity contribution in [2.24, 2.45) is 0 Å². The summed E-state index contributed by atoms with van der Waals surface area (Å²) < 4.78 is 5.21. The van der Waals surface area contributed by atoms with Gasteiger partial charge in [0.15, 0.2) is 0 Å². The average molecular weight is 276 g/mol. The van der Waals surface area contributed by atoms with Crippen LogP contribution in [0.15, 0.2) is 29.6 Å². The summed E-state index contributed by atoms with van der Waals surface area (Å²) in [6, 6.07) is 8.73. The molecule has 3 nitrogen and oxygen atoms in total. The van der Waals surface area contributed by atoms with E-state index in [1.54, 1.807) is 18.4 Å². The highest BCUT2D eigenvalue weighted by atomic mass is 32.1. The largest absolute Gasteiger partial charge is 0.383 e. The first-order valence-corrected chi connectivity index (χ1v) is 7.39. The summed E-state index contributed by atoms with van der Waals surface area (Å²) in [7, 11) is 1.73. The van der Waals surface area contributed by atoms with Crippen LogP contribution in [-0.2, 0) is 4.74 Å². The number of hydrogen-bond donors (Lipinski definition) is 1. The Hall–Kier alpha value is -1.39. The van der Waals surface area contributed by atoms with Gasteiger partial charge in [0.05, 0.1) is 17.3 Å². The topological polar surface area (TPSA) is 34.1 Å². The lowest BCUT2D eigenvalue weighted by atomic mass is 10.1. The first-order valence-electron chi connectivity index (χ1n) is 6.51. The van der Waals surface area contributed by atoms with Crippen LogP contribution in [0, 0.1) is 6.92 Å². The first-order chi connectivity index (χ1) is 9.22. The van der Waals surface area contributed by atoms with E-state index in [1.807, 2.05) is 6.92 Å². The van der Waals surface area contributed by atoms with Crippen molar-refractivity contribution in [3.05, 3.63) is 34.7 Å². The van der Waals surface area contributed by atoms with Gasteiger partial charge < -0.3 is 10.1 Å². The van der Waals surface area contributed by atoms with Crippen molar-refractivity contribution in [2.75, 3.05) is 19.0 Å². The molecule has 1 aromatic carbocycles. The molecule has 0 fully saturated rings. The minimum absolute atomic E-state index is 0.345. The van der Waals surface area contributed by atoms with E-state index in [1.165, 1.54) is 0 Å². The van der Waals surface area contributed by atoms with Crippen molar-refractivity contribution in [1.29, 1.82) is 0 Å². The van der Waals surface area contributed by atoms with Crippen LogP contribution in [0.25, 0.3) is 11.3 Å². The van der Waals surface area contributed by atoms with E-state index in [9.17, 15) is 0 Å². The number of nitrogens with one attached hydrogen (secondary N) is 1. The van der Waals surface area contributed by atoms with Gasteiger partial charge in [0.1, 0.15) is 0 Å². The van der Waals surface area contributed by atoms with Gasteiger partial charge in [-0.1, -0.05) is 19.1 Å². The summed E-state index contributed by atoms with van der Waals surface area (Å²) in [4.78, 5) is 4.52. The van der Waals surface area contributed by atoms with Crippen LogP contribution in [0.3, 0.4) is 0 Å². The molecular formula is C15H20N2OS. The molecule has 1 unspecified atom stereocenters. The molecule has 2 rings (SSSR count). The number of methoxy groups -OCH3 is 1. The van der Waals surface area contributed by atoms with Crippen molar-refractivity contribution < 1.29 is 4.74 Å². The third kappa shape index (κ3) is 3.78. The molecule has 4 heteroatoms. The maximum absolute atomic E-state index is 5.21. The van der Waals surface area contributed by atoms with E-state index in [0.717, 1.165) is 35.0 Å². The van der Waals surface area contributed by atoms with Gasteiger partial charge in [0, 0.05) is 29.8 Å². The molecule has 0 saturated heterocycles. The lowest BCUT2D eigenvalue weighted by molar-refractivity contribution is 0.184. The Morgan fingerprint density at radius 3 is 2.89 bits per heavy atom. The molecule has 0 aliphatic rings. The molecule has 1 aromatic heterocycles. The van der Waals surface area contributed by atoms with Gasteiger partial charge in [-0.3, -0.25) is 0 Å². The van der Waals surface area contributed by atoms with Crippen molar-refractivity contribution in [3.63, 3.8) is 0 Å². The maximum atomic E-state index is 5.21. The Kier molecular flexibility index (Phi) is 4.93. The fourth-order valence-corrected chi connectivity index (χ4v) is 2.58. The first kappa shape index (κ1) is 14.0. The molecule has 0 aliphatic heterocycles. The monoisotopic (exact) mass is 276 g/mol. The van der Waals surface area contributed by atoms with Gasteiger partial charge >= 0.3 is 0 Å². The van der Waals surface area contributed by atoms with Crippen molar-refractivity contribution in [3.8, 4) is 11.3 Å². The molecule has 0 spiro atoms. The van der Waals surface area contributed by atoms with Crippen molar-refractivity contribution in [2.45, 2.75) is 26.3 Å². The summed E-state index contributed by atoms with van der Waals surface area (Å²) in [5, 5.41) is 6.69. The number of aromatic nitrogens is 1. The second kappa shape index (κ2) is 6.68. The Balaban J connectivity index is 2.15. The Labute approximate surface area is 118 Å². The van der Waals surface area contributed by atoms with Crippen LogP contribution < -0.4 is 5.32 Å². The number of thiazole rings is 1. The number of benzene rings is 1. The Morgan fingerprint density at radius 1 is 1.42 bits per heavy atom. The third-order valence-electron chi connectivity index (χ3n) is 3.01. The molecular weight excluding hydrogens is 256 g/mol. The second-order valence-electron chi connectivity index (χ2n) is 4.54. The molecule has 1 atom stereocenters. The predicted molar refractivity (Wildman–Crippen MR) is 81.9 cm³/mol. The van der Waals surface area contributed by atoms with E-state index in [2.05, 4.69) is 46.9 Å². The molecule has 102 valence electrons. The standard InChI is InChI=1S/C15H20N2OS/c1-4-13(9-18-3)17-14-7-5-6-12(8-14)15-10-19-11(2)16-15/h5-8,10,13,17H,4,9H2,1-3H3. The van der Waals surface area contributed by atoms with Crippen molar-refractivity contribution >= 4 is 17.0 Å². The molecule has 2 aromatic rings. The number of hydrogen-bond acceptors (Lipinski definition) is 4. The summed E-state index contributed by atoms with van der Waals surface area (Å²) in [5.41, 5.74) is 3.32. The smallest absolute Gasteiger partial charge is 0.0901 e. The van der Waals surface area contributed by atoms with Gasteiger partial charge in [0.25, 0.3) is 0 Å². The van der Waals surface area contributed by atoms with Gasteiger partial charge in [0.2, 0.25) is 0 Å². The molecule has 0 bridgehead atoms. The van der Waals surface area contributed by atoms with Crippen LogP contribution in [0.1, 0.15) is 18.4 Å². The zero-order valence-corrected chi connectivity index (χ0v) is 12.5. The minimum atomic E-state index is 0.345. The van der Waals surface area contributed by atoms with E-state index < -0.39 is 0 Å². The Bertz CT molecular complexity index is 524. The lowest BCUT2D eigenvalue weighted by Gasteiger charge is -2.17. The zero-order chi connectivity index (χ0) is 13.7. The fraction of sp³-hybridized carbons (Fsp3) is 0.400. The van der Waals surface area contributed by atoms with E-state index in [-0.39, 0.29) is 0 Å². The average Bonchev–Trinajstić information content (AvgIpc) is 2.85. The normalized spacial score (nSPS) is 12.4. The number of nitrogens with zero attached hydrogens (tertiary/aromatic N) is 1. The summed E-state index contributed by atoms with van der Waals surface area (Å²) in [6.45, 7) is 4.91. The van der Waals surface area contributed by atoms with Crippen molar-refractivity contribution in [1.82, 2.24) is 4.98 Å². The van der Waals surface area contributed by atoms with E-state index in [4.69, 9.17) is 4.74 Å². The molecule has 0 amide bonds. The predicted octanol–water partition coefficient (Wildman–Crippen LogP) is 3.96. The fourth-order valence-electron chi connectivity index (χ4n) is 1.96. The van der Waals surface area contributed by atoms with Crippen LogP contribution in [-0.4, -0.2) is 24.7 Å². The van der Waals surface area contributed by atoms with Crippen LogP contribution in [0.5, 0.6) is 0 Å². The minimum Gasteiger partial charge on any atom is -0.383 e. The summed E-state index contributed by atoms with van der Waals surface area (Å²) in [5.74, 6) is 0. The summed E-state index contributed by atoms with van der Waals surface area (Å²) >= 11 is 1.68. The number of ether oxygens (including phenoxy) is 1. The number of anilines is 1. The molecule has 1 N–H and O–H groups in total. The highest BCUT2D eigenvalue weighted by molar-refractivity contribution is 7.09. The van der Waals surface area contributed by atoms with Gasteiger partial charge in [-0.15, -0.1) is 11.3 Å². The van der Waals surface area contributed by atoms with Crippen LogP contribution in [0.2, 0.25) is 0 Å². The quantitative estimate of drug-likeness (QED) is 0.867. The highest BCUT2D eigenvalue weighted by Gasteiger charge is 2.07. The highest BCUT2D eigenvalue weighted by Crippen LogP contribution is 2.24. The van der Waals surface area contributed by atoms with Crippen LogP contribution >= 0.6 is 11.3 Å². The summed E-state index contributed by atoms with van der Waals surface area (Å²) in [6.07, 6.45) is 1.04. The van der Waals surface area contributed by atoms with E-state index in [0.29, 0.717) is 6.04 Å². The van der Waals surface area contributed by atoms with Gasteiger partial charge in [-0.05, 0) is 25.5 Å². The molecule has 19 heavy (non-hydrogen) atoms. The zero-order valence-electron chi connectivity index (χ0n) is 11.6. The van der Waals surface area contributed by atoms with Gasteiger partial charge in [-0.25, -0.2) is 4.98 Å². The maximum Gasteiger partial charge on any atom is 0.0901 e. The molecule has 0 radical (unpaired) electrons. The SMILES string of the molecule is CCC(COC)Nc1cccc(-c2csc(C)n2)c1. The second-order valence-corrected chi connectivity index (χ2v) is 5.60. The van der Waals surface area contributed by atoms with Crippen LogP contribution in [0.4, 0.5) is 5.69 Å². The molecule has 1 heterocycles. The Morgan fingerprint density at radius 2 is 2.26 bits per heavy atom. The number of aryl methyl sites for hydroxylation is 1.